The van der Waals surface area contributed by atoms with Gasteiger partial charge >= 0.3 is 5.97 Å². The SMILES string of the molecule is CCC/C(=C\CC(=O)O)c1cccc(S(=O)(=O)CCC)c1. The van der Waals surface area contributed by atoms with Crippen LogP contribution in [-0.4, -0.2) is 25.2 Å². The lowest BCUT2D eigenvalue weighted by Gasteiger charge is -2.09. The van der Waals surface area contributed by atoms with E-state index < -0.39 is 15.8 Å². The summed E-state index contributed by atoms with van der Waals surface area (Å²) in [6.45, 7) is 3.84. The van der Waals surface area contributed by atoms with Gasteiger partial charge in [-0.3, -0.25) is 4.79 Å². The molecule has 5 heteroatoms. The maximum atomic E-state index is 12.1. The van der Waals surface area contributed by atoms with Crippen LogP contribution in [0.15, 0.2) is 35.2 Å². The number of rotatable bonds is 8. The average molecular weight is 310 g/mol. The van der Waals surface area contributed by atoms with Crippen LogP contribution >= 0.6 is 0 Å². The Morgan fingerprint density at radius 1 is 1.24 bits per heavy atom. The molecule has 0 aliphatic rings. The van der Waals surface area contributed by atoms with Crippen molar-refractivity contribution in [2.75, 3.05) is 5.75 Å². The summed E-state index contributed by atoms with van der Waals surface area (Å²) >= 11 is 0. The van der Waals surface area contributed by atoms with Crippen molar-refractivity contribution < 1.29 is 18.3 Å². The van der Waals surface area contributed by atoms with Gasteiger partial charge in [-0.1, -0.05) is 38.5 Å². The standard InChI is InChI=1S/C16H22O4S/c1-3-6-13(9-10-16(17)18)14-7-5-8-15(12-14)21(19,20)11-4-2/h5,7-9,12H,3-4,6,10-11H2,1-2H3,(H,17,18)/b13-9+. The molecule has 1 aromatic carbocycles. The van der Waals surface area contributed by atoms with Gasteiger partial charge in [-0.05, 0) is 36.1 Å². The largest absolute Gasteiger partial charge is 0.481 e. The number of carbonyl (C=O) groups is 1. The molecule has 0 aliphatic carbocycles. The molecule has 0 bridgehead atoms. The number of hydrogen-bond donors (Lipinski definition) is 1. The van der Waals surface area contributed by atoms with Crippen LogP contribution in [0.3, 0.4) is 0 Å². The van der Waals surface area contributed by atoms with Crippen molar-refractivity contribution in [2.45, 2.75) is 44.4 Å². The Balaban J connectivity index is 3.17. The van der Waals surface area contributed by atoms with Crippen LogP contribution in [0.5, 0.6) is 0 Å². The van der Waals surface area contributed by atoms with E-state index in [0.717, 1.165) is 24.0 Å². The van der Waals surface area contributed by atoms with Crippen LogP contribution in [0.2, 0.25) is 0 Å². The zero-order valence-electron chi connectivity index (χ0n) is 12.5. The third kappa shape index (κ3) is 5.34. The molecular formula is C16H22O4S. The van der Waals surface area contributed by atoms with Gasteiger partial charge < -0.3 is 5.11 Å². The topological polar surface area (TPSA) is 71.4 Å². The molecule has 0 heterocycles. The molecule has 0 saturated carbocycles. The Labute approximate surface area is 126 Å². The first kappa shape index (κ1) is 17.4. The average Bonchev–Trinajstić information content (AvgIpc) is 2.43. The minimum atomic E-state index is -3.26. The van der Waals surface area contributed by atoms with Gasteiger partial charge in [-0.2, -0.15) is 0 Å². The molecule has 0 aromatic heterocycles. The smallest absolute Gasteiger partial charge is 0.307 e. The number of carboxylic acids is 1. The van der Waals surface area contributed by atoms with Crippen molar-refractivity contribution in [3.63, 3.8) is 0 Å². The van der Waals surface area contributed by atoms with Gasteiger partial charge in [0.05, 0.1) is 17.1 Å². The highest BCUT2D eigenvalue weighted by molar-refractivity contribution is 7.91. The van der Waals surface area contributed by atoms with Crippen molar-refractivity contribution in [1.29, 1.82) is 0 Å². The highest BCUT2D eigenvalue weighted by Gasteiger charge is 2.14. The number of benzene rings is 1. The third-order valence-corrected chi connectivity index (χ3v) is 5.00. The minimum absolute atomic E-state index is 0.0543. The quantitative estimate of drug-likeness (QED) is 0.797. The van der Waals surface area contributed by atoms with Gasteiger partial charge in [0.2, 0.25) is 0 Å². The summed E-state index contributed by atoms with van der Waals surface area (Å²) in [4.78, 5) is 11.0. The Morgan fingerprint density at radius 3 is 2.52 bits per heavy atom. The maximum absolute atomic E-state index is 12.1. The summed E-state index contributed by atoms with van der Waals surface area (Å²) < 4.78 is 24.2. The molecule has 0 aliphatic heterocycles. The van der Waals surface area contributed by atoms with Crippen molar-refractivity contribution in [3.8, 4) is 0 Å². The monoisotopic (exact) mass is 310 g/mol. The molecule has 0 saturated heterocycles. The van der Waals surface area contributed by atoms with Gasteiger partial charge in [0, 0.05) is 0 Å². The zero-order valence-corrected chi connectivity index (χ0v) is 13.3. The van der Waals surface area contributed by atoms with Gasteiger partial charge in [-0.25, -0.2) is 8.42 Å². The van der Waals surface area contributed by atoms with E-state index in [1.165, 1.54) is 0 Å². The summed E-state index contributed by atoms with van der Waals surface area (Å²) in [5.41, 5.74) is 1.67. The van der Waals surface area contributed by atoms with Crippen LogP contribution < -0.4 is 0 Å². The summed E-state index contributed by atoms with van der Waals surface area (Å²) in [5.74, 6) is -0.767. The zero-order chi connectivity index (χ0) is 15.9. The Kier molecular flexibility index (Phi) is 6.62. The lowest BCUT2D eigenvalue weighted by Crippen LogP contribution is -2.06. The molecule has 4 nitrogen and oxygen atoms in total. The third-order valence-electron chi connectivity index (χ3n) is 3.08. The Hall–Kier alpha value is -1.62. The first-order valence-electron chi connectivity index (χ1n) is 7.14. The second-order valence-electron chi connectivity index (χ2n) is 4.92. The van der Waals surface area contributed by atoms with Gasteiger partial charge in [0.1, 0.15) is 0 Å². The Bertz CT molecular complexity index is 615. The fourth-order valence-corrected chi connectivity index (χ4v) is 3.49. The Morgan fingerprint density at radius 2 is 1.95 bits per heavy atom. The number of hydrogen-bond acceptors (Lipinski definition) is 3. The molecule has 1 rings (SSSR count). The number of sulfone groups is 1. The van der Waals surface area contributed by atoms with Gasteiger partial charge in [-0.15, -0.1) is 0 Å². The number of allylic oxidation sites excluding steroid dienone is 1. The van der Waals surface area contributed by atoms with E-state index in [-0.39, 0.29) is 12.2 Å². The highest BCUT2D eigenvalue weighted by Crippen LogP contribution is 2.24. The summed E-state index contributed by atoms with van der Waals surface area (Å²) in [6, 6.07) is 6.78. The van der Waals surface area contributed by atoms with Crippen LogP contribution in [0.4, 0.5) is 0 Å². The van der Waals surface area contributed by atoms with Crippen LogP contribution in [-0.2, 0) is 14.6 Å². The van der Waals surface area contributed by atoms with E-state index in [9.17, 15) is 13.2 Å². The fraction of sp³-hybridized carbons (Fsp3) is 0.438. The van der Waals surface area contributed by atoms with Crippen LogP contribution in [0.1, 0.15) is 45.1 Å². The first-order valence-corrected chi connectivity index (χ1v) is 8.80. The van der Waals surface area contributed by atoms with Gasteiger partial charge in [0.15, 0.2) is 9.84 Å². The van der Waals surface area contributed by atoms with E-state index in [2.05, 4.69) is 0 Å². The normalized spacial score (nSPS) is 12.4. The van der Waals surface area contributed by atoms with E-state index >= 15 is 0 Å². The predicted molar refractivity (Wildman–Crippen MR) is 83.9 cm³/mol. The van der Waals surface area contributed by atoms with E-state index in [1.807, 2.05) is 19.9 Å². The van der Waals surface area contributed by atoms with Crippen molar-refractivity contribution in [3.05, 3.63) is 35.9 Å². The number of carboxylic acid groups (broad SMARTS) is 1. The van der Waals surface area contributed by atoms with Crippen LogP contribution in [0.25, 0.3) is 5.57 Å². The fourth-order valence-electron chi connectivity index (χ4n) is 2.12. The molecule has 0 radical (unpaired) electrons. The van der Waals surface area contributed by atoms with Crippen LogP contribution in [0, 0.1) is 0 Å². The lowest BCUT2D eigenvalue weighted by atomic mass is 10.0. The molecule has 0 spiro atoms. The molecule has 1 aromatic rings. The van der Waals surface area contributed by atoms with E-state index in [0.29, 0.717) is 11.3 Å². The molecular weight excluding hydrogens is 288 g/mol. The van der Waals surface area contributed by atoms with E-state index in [4.69, 9.17) is 5.11 Å². The minimum Gasteiger partial charge on any atom is -0.481 e. The summed E-state index contributed by atoms with van der Waals surface area (Å²) in [6.07, 6.45) is 3.78. The lowest BCUT2D eigenvalue weighted by molar-refractivity contribution is -0.135. The van der Waals surface area contributed by atoms with Gasteiger partial charge in [0.25, 0.3) is 0 Å². The summed E-state index contributed by atoms with van der Waals surface area (Å²) in [5, 5.41) is 8.79. The summed E-state index contributed by atoms with van der Waals surface area (Å²) in [7, 11) is -3.26. The maximum Gasteiger partial charge on any atom is 0.307 e. The molecule has 0 fully saturated rings. The molecule has 1 N–H and O–H groups in total. The first-order chi connectivity index (χ1) is 9.90. The molecule has 116 valence electrons. The number of aliphatic carboxylic acids is 1. The second kappa shape index (κ2) is 7.98. The van der Waals surface area contributed by atoms with E-state index in [1.54, 1.807) is 24.3 Å². The predicted octanol–water partition coefficient (Wildman–Crippen LogP) is 3.53. The highest BCUT2D eigenvalue weighted by atomic mass is 32.2. The molecule has 0 unspecified atom stereocenters. The molecule has 0 amide bonds. The van der Waals surface area contributed by atoms with Crippen molar-refractivity contribution in [2.24, 2.45) is 0 Å². The molecule has 0 atom stereocenters. The molecule has 21 heavy (non-hydrogen) atoms. The van der Waals surface area contributed by atoms with Crippen molar-refractivity contribution in [1.82, 2.24) is 0 Å². The van der Waals surface area contributed by atoms with Crippen molar-refractivity contribution >= 4 is 21.4 Å². The second-order valence-corrected chi connectivity index (χ2v) is 7.03.